The van der Waals surface area contributed by atoms with E-state index >= 15 is 0 Å². The Kier molecular flexibility index (Phi) is 6.25. The Hall–Kier alpha value is -4.10. The first-order valence-electron chi connectivity index (χ1n) is 11.3. The summed E-state index contributed by atoms with van der Waals surface area (Å²) in [6.07, 6.45) is 1.53. The van der Waals surface area contributed by atoms with Crippen molar-refractivity contribution in [3.8, 4) is 5.75 Å². The SMILES string of the molecule is CCOc1ccc(NC(=O)Cn2c3ccccc3c3ncn(Cc4ccccc4Cl)c(=O)c32)cc1. The van der Waals surface area contributed by atoms with Crippen LogP contribution in [0.5, 0.6) is 5.75 Å². The summed E-state index contributed by atoms with van der Waals surface area (Å²) in [5.41, 5.74) is 2.93. The minimum atomic E-state index is -0.252. The quantitative estimate of drug-likeness (QED) is 0.347. The number of nitrogens with zero attached hydrogens (tertiary/aromatic N) is 3. The van der Waals surface area contributed by atoms with Gasteiger partial charge in [-0.2, -0.15) is 0 Å². The summed E-state index contributed by atoms with van der Waals surface area (Å²) in [6, 6.07) is 22.1. The van der Waals surface area contributed by atoms with Crippen LogP contribution in [0.4, 0.5) is 5.69 Å². The number of rotatable bonds is 7. The fourth-order valence-corrected chi connectivity index (χ4v) is 4.38. The molecule has 35 heavy (non-hydrogen) atoms. The van der Waals surface area contributed by atoms with Gasteiger partial charge in [0.1, 0.15) is 23.3 Å². The molecule has 0 aliphatic carbocycles. The zero-order chi connectivity index (χ0) is 24.4. The molecule has 3 aromatic carbocycles. The van der Waals surface area contributed by atoms with E-state index in [4.69, 9.17) is 16.3 Å². The summed E-state index contributed by atoms with van der Waals surface area (Å²) in [4.78, 5) is 31.2. The van der Waals surface area contributed by atoms with E-state index in [2.05, 4.69) is 10.3 Å². The summed E-state index contributed by atoms with van der Waals surface area (Å²) < 4.78 is 8.70. The minimum absolute atomic E-state index is 0.0374. The molecule has 0 saturated heterocycles. The molecule has 0 bridgehead atoms. The van der Waals surface area contributed by atoms with Gasteiger partial charge in [-0.05, 0) is 48.9 Å². The lowest BCUT2D eigenvalue weighted by molar-refractivity contribution is -0.116. The summed E-state index contributed by atoms with van der Waals surface area (Å²) >= 11 is 6.31. The third-order valence-corrected chi connectivity index (χ3v) is 6.15. The van der Waals surface area contributed by atoms with Crippen molar-refractivity contribution in [1.29, 1.82) is 0 Å². The van der Waals surface area contributed by atoms with Gasteiger partial charge in [-0.15, -0.1) is 0 Å². The molecule has 5 rings (SSSR count). The van der Waals surface area contributed by atoms with E-state index in [0.717, 1.165) is 22.2 Å². The van der Waals surface area contributed by atoms with Gasteiger partial charge >= 0.3 is 0 Å². The predicted molar refractivity (Wildman–Crippen MR) is 138 cm³/mol. The molecule has 0 atom stereocenters. The normalized spacial score (nSPS) is 11.1. The van der Waals surface area contributed by atoms with Crippen molar-refractivity contribution >= 4 is 45.1 Å². The van der Waals surface area contributed by atoms with Crippen molar-refractivity contribution in [1.82, 2.24) is 14.1 Å². The van der Waals surface area contributed by atoms with E-state index in [9.17, 15) is 9.59 Å². The molecule has 0 aliphatic rings. The Morgan fingerprint density at radius 3 is 2.54 bits per heavy atom. The molecule has 2 aromatic heterocycles. The number of hydrogen-bond donors (Lipinski definition) is 1. The molecule has 8 heteroatoms. The molecule has 0 saturated carbocycles. The molecule has 0 unspecified atom stereocenters. The van der Waals surface area contributed by atoms with Crippen LogP contribution in [0.15, 0.2) is 83.9 Å². The third-order valence-electron chi connectivity index (χ3n) is 5.78. The van der Waals surface area contributed by atoms with E-state index in [1.807, 2.05) is 49.4 Å². The molecular weight excluding hydrogens is 464 g/mol. The highest BCUT2D eigenvalue weighted by atomic mass is 35.5. The largest absolute Gasteiger partial charge is 0.494 e. The summed E-state index contributed by atoms with van der Waals surface area (Å²) in [7, 11) is 0. The van der Waals surface area contributed by atoms with Crippen LogP contribution in [0.25, 0.3) is 21.9 Å². The van der Waals surface area contributed by atoms with Crippen LogP contribution in [0.1, 0.15) is 12.5 Å². The van der Waals surface area contributed by atoms with Gasteiger partial charge in [0.05, 0.1) is 25.0 Å². The minimum Gasteiger partial charge on any atom is -0.494 e. The van der Waals surface area contributed by atoms with Crippen molar-refractivity contribution in [3.63, 3.8) is 0 Å². The number of benzene rings is 3. The molecule has 2 heterocycles. The number of nitrogens with one attached hydrogen (secondary N) is 1. The topological polar surface area (TPSA) is 78.2 Å². The summed E-state index contributed by atoms with van der Waals surface area (Å²) in [5, 5.41) is 4.29. The highest BCUT2D eigenvalue weighted by Gasteiger charge is 2.18. The van der Waals surface area contributed by atoms with Crippen molar-refractivity contribution in [2.45, 2.75) is 20.0 Å². The van der Waals surface area contributed by atoms with Crippen LogP contribution in [-0.2, 0) is 17.9 Å². The molecule has 0 aliphatic heterocycles. The fourth-order valence-electron chi connectivity index (χ4n) is 4.18. The molecule has 176 valence electrons. The molecule has 7 nitrogen and oxygen atoms in total. The van der Waals surface area contributed by atoms with Gasteiger partial charge in [-0.25, -0.2) is 4.98 Å². The number of aromatic nitrogens is 3. The molecule has 1 amide bonds. The van der Waals surface area contributed by atoms with Crippen molar-refractivity contribution in [2.75, 3.05) is 11.9 Å². The second-order valence-corrected chi connectivity index (χ2v) is 8.48. The van der Waals surface area contributed by atoms with Crippen LogP contribution < -0.4 is 15.6 Å². The van der Waals surface area contributed by atoms with E-state index < -0.39 is 0 Å². The average molecular weight is 487 g/mol. The average Bonchev–Trinajstić information content (AvgIpc) is 3.17. The predicted octanol–water partition coefficient (Wildman–Crippen LogP) is 5.09. The maximum absolute atomic E-state index is 13.6. The molecule has 0 fully saturated rings. The molecule has 0 radical (unpaired) electrons. The van der Waals surface area contributed by atoms with Crippen LogP contribution in [0, 0.1) is 0 Å². The molecule has 0 spiro atoms. The lowest BCUT2D eigenvalue weighted by Crippen LogP contribution is -2.25. The van der Waals surface area contributed by atoms with Crippen molar-refractivity contribution in [3.05, 3.63) is 100 Å². The Morgan fingerprint density at radius 2 is 1.77 bits per heavy atom. The van der Waals surface area contributed by atoms with Crippen LogP contribution >= 0.6 is 11.6 Å². The molecular formula is C27H23ClN4O3. The maximum Gasteiger partial charge on any atom is 0.278 e. The standard InChI is InChI=1S/C27H23ClN4O3/c1-2-35-20-13-11-19(12-14-20)30-24(33)16-32-23-10-6-4-8-21(23)25-26(32)27(34)31(17-29-25)15-18-7-3-5-9-22(18)28/h3-14,17H,2,15-16H2,1H3,(H,30,33). The first-order valence-corrected chi connectivity index (χ1v) is 11.7. The Bertz CT molecular complexity index is 1590. The number of amides is 1. The van der Waals surface area contributed by atoms with E-state index in [0.29, 0.717) is 28.4 Å². The second-order valence-electron chi connectivity index (χ2n) is 8.08. The van der Waals surface area contributed by atoms with E-state index in [-0.39, 0.29) is 24.6 Å². The Labute approximate surface area is 206 Å². The fraction of sp³-hybridized carbons (Fsp3) is 0.148. The van der Waals surface area contributed by atoms with Gasteiger partial charge in [0.15, 0.2) is 0 Å². The first-order chi connectivity index (χ1) is 17.0. The maximum atomic E-state index is 13.6. The zero-order valence-electron chi connectivity index (χ0n) is 19.1. The lowest BCUT2D eigenvalue weighted by Gasteiger charge is -2.11. The summed E-state index contributed by atoms with van der Waals surface area (Å²) in [5.74, 6) is 0.482. The van der Waals surface area contributed by atoms with Gasteiger partial charge in [-0.1, -0.05) is 48.0 Å². The highest BCUT2D eigenvalue weighted by Crippen LogP contribution is 2.26. The number of carbonyl (C=O) groups excluding carboxylic acids is 1. The van der Waals surface area contributed by atoms with Crippen molar-refractivity contribution in [2.24, 2.45) is 0 Å². The van der Waals surface area contributed by atoms with Gasteiger partial charge in [0.25, 0.3) is 5.56 Å². The van der Waals surface area contributed by atoms with Gasteiger partial charge in [0.2, 0.25) is 5.91 Å². The van der Waals surface area contributed by atoms with Gasteiger partial charge in [-0.3, -0.25) is 14.2 Å². The lowest BCUT2D eigenvalue weighted by atomic mass is 10.2. The zero-order valence-corrected chi connectivity index (χ0v) is 19.8. The van der Waals surface area contributed by atoms with E-state index in [1.165, 1.54) is 10.9 Å². The van der Waals surface area contributed by atoms with Gasteiger partial charge < -0.3 is 14.6 Å². The Morgan fingerprint density at radius 1 is 1.03 bits per heavy atom. The van der Waals surface area contributed by atoms with Crippen LogP contribution in [0.3, 0.4) is 0 Å². The van der Waals surface area contributed by atoms with Crippen molar-refractivity contribution < 1.29 is 9.53 Å². The molecule has 1 N–H and O–H groups in total. The van der Waals surface area contributed by atoms with E-state index in [1.54, 1.807) is 34.9 Å². The monoisotopic (exact) mass is 486 g/mol. The molecule has 5 aromatic rings. The highest BCUT2D eigenvalue weighted by molar-refractivity contribution is 6.31. The first kappa shape index (κ1) is 22.7. The number of anilines is 1. The smallest absolute Gasteiger partial charge is 0.278 e. The number of para-hydroxylation sites is 1. The number of hydrogen-bond acceptors (Lipinski definition) is 4. The van der Waals surface area contributed by atoms with Gasteiger partial charge in [0, 0.05) is 16.1 Å². The van der Waals surface area contributed by atoms with Crippen LogP contribution in [-0.4, -0.2) is 26.6 Å². The number of halogens is 1. The third kappa shape index (κ3) is 4.50. The van der Waals surface area contributed by atoms with Crippen LogP contribution in [0.2, 0.25) is 5.02 Å². The Balaban J connectivity index is 1.52. The number of carbonyl (C=O) groups is 1. The number of fused-ring (bicyclic) bond motifs is 3. The second kappa shape index (κ2) is 9.64. The summed E-state index contributed by atoms with van der Waals surface area (Å²) in [6.45, 7) is 2.73. The number of ether oxygens (including phenoxy) is 1.